The maximum Gasteiger partial charge on any atom is 0.494 e. The zero-order chi connectivity index (χ0) is 16.8. The Morgan fingerprint density at radius 3 is 2.30 bits per heavy atom. The van der Waals surface area contributed by atoms with Gasteiger partial charge in [0.05, 0.1) is 11.2 Å². The molecule has 1 saturated heterocycles. The molecule has 2 fully saturated rings. The molecule has 0 aromatic heterocycles. The number of benzene rings is 1. The van der Waals surface area contributed by atoms with Gasteiger partial charge in [0.1, 0.15) is 0 Å². The first kappa shape index (κ1) is 16.2. The van der Waals surface area contributed by atoms with Crippen LogP contribution in [0.15, 0.2) is 24.3 Å². The van der Waals surface area contributed by atoms with Crippen molar-refractivity contribution in [3.05, 3.63) is 29.8 Å². The summed E-state index contributed by atoms with van der Waals surface area (Å²) in [5, 5.41) is 15.9. The molecular weight excluding hydrogens is 291 g/mol. The monoisotopic (exact) mass is 314 g/mol. The molecule has 1 aliphatic carbocycles. The largest absolute Gasteiger partial charge is 0.494 e. The minimum Gasteiger partial charge on any atom is -0.425 e. The Labute approximate surface area is 137 Å². The highest BCUT2D eigenvalue weighted by atomic mass is 16.7. The summed E-state index contributed by atoms with van der Waals surface area (Å²) < 4.78 is 17.4. The van der Waals surface area contributed by atoms with Gasteiger partial charge in [0.2, 0.25) is 5.90 Å². The second-order valence-electron chi connectivity index (χ2n) is 7.28. The summed E-state index contributed by atoms with van der Waals surface area (Å²) in [6.45, 7) is 8.05. The lowest BCUT2D eigenvalue weighted by atomic mass is 9.78. The van der Waals surface area contributed by atoms with Gasteiger partial charge in [-0.3, -0.25) is 10.8 Å². The van der Waals surface area contributed by atoms with Gasteiger partial charge in [-0.15, -0.1) is 0 Å². The lowest BCUT2D eigenvalue weighted by molar-refractivity contribution is 0.00578. The predicted octanol–water partition coefficient (Wildman–Crippen LogP) is 2.72. The van der Waals surface area contributed by atoms with Gasteiger partial charge < -0.3 is 14.0 Å². The van der Waals surface area contributed by atoms with E-state index in [0.717, 1.165) is 18.3 Å². The molecule has 0 bridgehead atoms. The van der Waals surface area contributed by atoms with E-state index in [4.69, 9.17) is 24.9 Å². The Morgan fingerprint density at radius 2 is 1.74 bits per heavy atom. The van der Waals surface area contributed by atoms with Crippen LogP contribution < -0.4 is 5.46 Å². The highest BCUT2D eigenvalue weighted by molar-refractivity contribution is 6.62. The SMILES string of the molecule is CC1(C)OB(c2cccc(C(=N)OC(=N)C3CC3)c2)OC1(C)C. The molecule has 23 heavy (non-hydrogen) atoms. The van der Waals surface area contributed by atoms with E-state index >= 15 is 0 Å². The van der Waals surface area contributed by atoms with Gasteiger partial charge in [-0.05, 0) is 58.1 Å². The van der Waals surface area contributed by atoms with Crippen LogP contribution in [0, 0.1) is 16.7 Å². The third-order valence-corrected chi connectivity index (χ3v) is 4.83. The van der Waals surface area contributed by atoms with Crippen LogP contribution in [0.25, 0.3) is 0 Å². The third-order valence-electron chi connectivity index (χ3n) is 4.83. The van der Waals surface area contributed by atoms with Crippen LogP contribution in [0.4, 0.5) is 0 Å². The summed E-state index contributed by atoms with van der Waals surface area (Å²) in [6.07, 6.45) is 1.97. The van der Waals surface area contributed by atoms with Gasteiger partial charge in [-0.1, -0.05) is 12.1 Å². The molecule has 1 aromatic carbocycles. The maximum absolute atomic E-state index is 8.06. The van der Waals surface area contributed by atoms with E-state index in [1.165, 1.54) is 0 Å². The highest BCUT2D eigenvalue weighted by Crippen LogP contribution is 2.36. The number of hydrogen-bond acceptors (Lipinski definition) is 5. The Kier molecular flexibility index (Phi) is 3.85. The normalized spacial score (nSPS) is 22.0. The Balaban J connectivity index is 1.75. The predicted molar refractivity (Wildman–Crippen MR) is 90.5 cm³/mol. The smallest absolute Gasteiger partial charge is 0.425 e. The van der Waals surface area contributed by atoms with Gasteiger partial charge in [0.15, 0.2) is 5.90 Å². The first-order valence-electron chi connectivity index (χ1n) is 8.00. The molecular formula is C17H23BN2O3. The second-order valence-corrected chi connectivity index (χ2v) is 7.28. The van der Waals surface area contributed by atoms with Crippen LogP contribution in [0.2, 0.25) is 0 Å². The van der Waals surface area contributed by atoms with Crippen molar-refractivity contribution < 1.29 is 14.0 Å². The Hall–Kier alpha value is -1.66. The maximum atomic E-state index is 8.06. The summed E-state index contributed by atoms with van der Waals surface area (Å²) in [4.78, 5) is 0. The van der Waals surface area contributed by atoms with E-state index < -0.39 is 18.3 Å². The van der Waals surface area contributed by atoms with Crippen molar-refractivity contribution in [2.75, 3.05) is 0 Å². The number of nitrogens with one attached hydrogen (secondary N) is 2. The standard InChI is InChI=1S/C17H23BN2O3/c1-16(2)17(3,4)23-18(22-16)13-7-5-6-12(10-13)15(20)21-14(19)11-8-9-11/h5-7,10-11,19-20H,8-9H2,1-4H3. The zero-order valence-electron chi connectivity index (χ0n) is 14.1. The number of rotatable bonds is 3. The van der Waals surface area contributed by atoms with E-state index in [2.05, 4.69) is 0 Å². The van der Waals surface area contributed by atoms with Crippen LogP contribution >= 0.6 is 0 Å². The average Bonchev–Trinajstić information content (AvgIpc) is 3.27. The van der Waals surface area contributed by atoms with E-state index in [1.54, 1.807) is 6.07 Å². The number of ether oxygens (including phenoxy) is 1. The van der Waals surface area contributed by atoms with Crippen molar-refractivity contribution in [1.29, 1.82) is 10.8 Å². The van der Waals surface area contributed by atoms with Crippen LogP contribution in [-0.2, 0) is 14.0 Å². The van der Waals surface area contributed by atoms with E-state index in [1.807, 2.05) is 45.9 Å². The molecule has 6 heteroatoms. The summed E-state index contributed by atoms with van der Waals surface area (Å²) in [5.41, 5.74) is 0.687. The lowest BCUT2D eigenvalue weighted by Gasteiger charge is -2.32. The summed E-state index contributed by atoms with van der Waals surface area (Å²) in [6, 6.07) is 7.42. The third kappa shape index (κ3) is 3.19. The first-order valence-corrected chi connectivity index (χ1v) is 8.00. The molecule has 1 aromatic rings. The quantitative estimate of drug-likeness (QED) is 0.512. The van der Waals surface area contributed by atoms with Gasteiger partial charge >= 0.3 is 7.12 Å². The van der Waals surface area contributed by atoms with Crippen LogP contribution in [0.1, 0.15) is 46.1 Å². The fraction of sp³-hybridized carbons (Fsp3) is 0.529. The van der Waals surface area contributed by atoms with Crippen LogP contribution in [-0.4, -0.2) is 30.1 Å². The zero-order valence-corrected chi connectivity index (χ0v) is 14.1. The summed E-state index contributed by atoms with van der Waals surface area (Å²) in [5.74, 6) is 0.387. The average molecular weight is 314 g/mol. The molecule has 1 saturated carbocycles. The topological polar surface area (TPSA) is 75.4 Å². The molecule has 1 aliphatic heterocycles. The lowest BCUT2D eigenvalue weighted by Crippen LogP contribution is -2.41. The fourth-order valence-corrected chi connectivity index (χ4v) is 2.40. The highest BCUT2D eigenvalue weighted by Gasteiger charge is 2.51. The summed E-state index contributed by atoms with van der Waals surface area (Å²) >= 11 is 0. The van der Waals surface area contributed by atoms with Crippen molar-refractivity contribution in [1.82, 2.24) is 0 Å². The minimum atomic E-state index is -0.462. The van der Waals surface area contributed by atoms with E-state index in [-0.39, 0.29) is 17.7 Å². The van der Waals surface area contributed by atoms with Crippen molar-refractivity contribution in [3.8, 4) is 0 Å². The van der Waals surface area contributed by atoms with Crippen molar-refractivity contribution in [2.24, 2.45) is 5.92 Å². The minimum absolute atomic E-state index is 0.000248. The first-order chi connectivity index (χ1) is 10.7. The van der Waals surface area contributed by atoms with Gasteiger partial charge in [-0.25, -0.2) is 0 Å². The molecule has 5 nitrogen and oxygen atoms in total. The molecule has 2 N–H and O–H groups in total. The molecule has 3 rings (SSSR count). The van der Waals surface area contributed by atoms with Crippen molar-refractivity contribution in [2.45, 2.75) is 51.7 Å². The van der Waals surface area contributed by atoms with Crippen LogP contribution in [0.5, 0.6) is 0 Å². The molecule has 122 valence electrons. The molecule has 0 radical (unpaired) electrons. The second kappa shape index (κ2) is 5.46. The molecule has 0 unspecified atom stereocenters. The van der Waals surface area contributed by atoms with Gasteiger partial charge in [0, 0.05) is 11.5 Å². The van der Waals surface area contributed by atoms with Crippen molar-refractivity contribution in [3.63, 3.8) is 0 Å². The molecule has 1 heterocycles. The number of hydrogen-bond donors (Lipinski definition) is 2. The van der Waals surface area contributed by atoms with E-state index in [0.29, 0.717) is 5.56 Å². The molecule has 0 spiro atoms. The molecule has 0 atom stereocenters. The molecule has 2 aliphatic rings. The van der Waals surface area contributed by atoms with E-state index in [9.17, 15) is 0 Å². The Morgan fingerprint density at radius 1 is 1.13 bits per heavy atom. The van der Waals surface area contributed by atoms with Crippen molar-refractivity contribution >= 4 is 24.4 Å². The Bertz CT molecular complexity index is 637. The fourth-order valence-electron chi connectivity index (χ4n) is 2.40. The van der Waals surface area contributed by atoms with Crippen LogP contribution in [0.3, 0.4) is 0 Å². The molecule has 0 amide bonds. The summed E-state index contributed by atoms with van der Waals surface area (Å²) in [7, 11) is -0.462. The van der Waals surface area contributed by atoms with Gasteiger partial charge in [-0.2, -0.15) is 0 Å². The van der Waals surface area contributed by atoms with Gasteiger partial charge in [0.25, 0.3) is 0 Å².